The van der Waals surface area contributed by atoms with Gasteiger partial charge < -0.3 is 10.4 Å². The lowest BCUT2D eigenvalue weighted by Crippen LogP contribution is -2.24. The Morgan fingerprint density at radius 1 is 1.47 bits per heavy atom. The second kappa shape index (κ2) is 5.99. The second-order valence-electron chi connectivity index (χ2n) is 4.27. The molecular weight excluding hydrogens is 244 g/mol. The summed E-state index contributed by atoms with van der Waals surface area (Å²) in [6.45, 7) is 2.52. The highest BCUT2D eigenvalue weighted by molar-refractivity contribution is 5.96. The number of amides is 1. The smallest absolute Gasteiger partial charge is 0.255 e. The van der Waals surface area contributed by atoms with Crippen LogP contribution in [0.2, 0.25) is 0 Å². The lowest BCUT2D eigenvalue weighted by molar-refractivity contribution is 0.0950. The number of carbonyl (C=O) groups is 1. The molecule has 1 amide bonds. The van der Waals surface area contributed by atoms with E-state index in [1.807, 2.05) is 6.92 Å². The Hall–Kier alpha value is -2.37. The lowest BCUT2D eigenvalue weighted by Gasteiger charge is -2.06. The van der Waals surface area contributed by atoms with E-state index in [1.54, 1.807) is 6.20 Å². The summed E-state index contributed by atoms with van der Waals surface area (Å²) in [6.07, 6.45) is 6.20. The molecule has 0 saturated heterocycles. The van der Waals surface area contributed by atoms with Crippen LogP contribution in [-0.4, -0.2) is 32.7 Å². The number of pyridine rings is 1. The molecule has 0 aliphatic carbocycles. The molecule has 0 radical (unpaired) electrons. The van der Waals surface area contributed by atoms with Gasteiger partial charge in [0.1, 0.15) is 5.75 Å². The minimum Gasteiger partial charge on any atom is -0.505 e. The van der Waals surface area contributed by atoms with Crippen LogP contribution < -0.4 is 5.32 Å². The number of aryl methyl sites for hydroxylation is 2. The van der Waals surface area contributed by atoms with Gasteiger partial charge in [-0.1, -0.05) is 0 Å². The van der Waals surface area contributed by atoms with E-state index in [0.717, 1.165) is 24.1 Å². The summed E-state index contributed by atoms with van der Waals surface area (Å²) in [4.78, 5) is 15.5. The molecule has 0 fully saturated rings. The standard InChI is InChI=1S/C13H16N4O2/c1-9-10(7-16-17-9)3-2-5-15-13(19)11-4-6-14-8-12(11)18/h4,6-8,18H,2-3,5H2,1H3,(H,15,19)(H,16,17). The van der Waals surface area contributed by atoms with Gasteiger partial charge in [0.2, 0.25) is 0 Å². The summed E-state index contributed by atoms with van der Waals surface area (Å²) in [7, 11) is 0. The van der Waals surface area contributed by atoms with Crippen LogP contribution in [-0.2, 0) is 6.42 Å². The van der Waals surface area contributed by atoms with E-state index in [-0.39, 0.29) is 17.2 Å². The first-order valence-corrected chi connectivity index (χ1v) is 6.08. The minimum absolute atomic E-state index is 0.106. The predicted octanol–water partition coefficient (Wildman–Crippen LogP) is 1.18. The summed E-state index contributed by atoms with van der Waals surface area (Å²) in [6, 6.07) is 1.49. The number of nitrogens with zero attached hydrogens (tertiary/aromatic N) is 2. The number of aromatic nitrogens is 3. The molecule has 2 heterocycles. The fourth-order valence-corrected chi connectivity index (χ4v) is 1.78. The van der Waals surface area contributed by atoms with Gasteiger partial charge in [0, 0.05) is 18.4 Å². The fraction of sp³-hybridized carbons (Fsp3) is 0.308. The van der Waals surface area contributed by atoms with Gasteiger partial charge in [0.15, 0.2) is 0 Å². The van der Waals surface area contributed by atoms with Crippen molar-refractivity contribution in [2.24, 2.45) is 0 Å². The number of hydrogen-bond donors (Lipinski definition) is 3. The highest BCUT2D eigenvalue weighted by Crippen LogP contribution is 2.13. The Balaban J connectivity index is 1.79. The van der Waals surface area contributed by atoms with Gasteiger partial charge in [-0.3, -0.25) is 14.9 Å². The van der Waals surface area contributed by atoms with Crippen LogP contribution in [0.1, 0.15) is 28.0 Å². The van der Waals surface area contributed by atoms with E-state index < -0.39 is 0 Å². The molecule has 0 aliphatic heterocycles. The number of nitrogens with one attached hydrogen (secondary N) is 2. The van der Waals surface area contributed by atoms with E-state index in [2.05, 4.69) is 20.5 Å². The van der Waals surface area contributed by atoms with Gasteiger partial charge in [-0.05, 0) is 31.4 Å². The summed E-state index contributed by atoms with van der Waals surface area (Å²) < 4.78 is 0. The Morgan fingerprint density at radius 2 is 2.32 bits per heavy atom. The average molecular weight is 260 g/mol. The monoisotopic (exact) mass is 260 g/mol. The van der Waals surface area contributed by atoms with E-state index in [0.29, 0.717) is 6.54 Å². The minimum atomic E-state index is -0.288. The molecule has 0 atom stereocenters. The van der Waals surface area contributed by atoms with Gasteiger partial charge >= 0.3 is 0 Å². The molecule has 2 aromatic heterocycles. The van der Waals surface area contributed by atoms with Crippen molar-refractivity contribution in [3.05, 3.63) is 41.5 Å². The van der Waals surface area contributed by atoms with Crippen LogP contribution in [0.15, 0.2) is 24.7 Å². The number of rotatable bonds is 5. The zero-order chi connectivity index (χ0) is 13.7. The van der Waals surface area contributed by atoms with Crippen LogP contribution in [0.4, 0.5) is 0 Å². The molecule has 6 heteroatoms. The van der Waals surface area contributed by atoms with Crippen molar-refractivity contribution in [2.75, 3.05) is 6.54 Å². The highest BCUT2D eigenvalue weighted by atomic mass is 16.3. The lowest BCUT2D eigenvalue weighted by atomic mass is 10.1. The molecule has 0 spiro atoms. The van der Waals surface area contributed by atoms with Gasteiger partial charge in [-0.15, -0.1) is 0 Å². The third-order valence-corrected chi connectivity index (χ3v) is 2.89. The van der Waals surface area contributed by atoms with Crippen molar-refractivity contribution in [1.82, 2.24) is 20.5 Å². The molecule has 0 aromatic carbocycles. The zero-order valence-corrected chi connectivity index (χ0v) is 10.7. The summed E-state index contributed by atoms with van der Waals surface area (Å²) in [5.74, 6) is -0.394. The topological polar surface area (TPSA) is 90.9 Å². The van der Waals surface area contributed by atoms with Crippen molar-refractivity contribution < 1.29 is 9.90 Å². The maximum atomic E-state index is 11.8. The van der Waals surface area contributed by atoms with Crippen molar-refractivity contribution in [3.63, 3.8) is 0 Å². The van der Waals surface area contributed by atoms with Crippen molar-refractivity contribution in [1.29, 1.82) is 0 Å². The largest absolute Gasteiger partial charge is 0.505 e. The summed E-state index contributed by atoms with van der Waals surface area (Å²) >= 11 is 0. The molecule has 6 nitrogen and oxygen atoms in total. The SMILES string of the molecule is Cc1[nH]ncc1CCCNC(=O)c1ccncc1O. The molecule has 0 bridgehead atoms. The maximum Gasteiger partial charge on any atom is 0.255 e. The van der Waals surface area contributed by atoms with Gasteiger partial charge in [-0.25, -0.2) is 0 Å². The van der Waals surface area contributed by atoms with Crippen molar-refractivity contribution in [2.45, 2.75) is 19.8 Å². The van der Waals surface area contributed by atoms with Gasteiger partial charge in [0.25, 0.3) is 5.91 Å². The molecule has 2 rings (SSSR count). The molecule has 2 aromatic rings. The van der Waals surface area contributed by atoms with Crippen molar-refractivity contribution >= 4 is 5.91 Å². The van der Waals surface area contributed by atoms with Crippen LogP contribution in [0.25, 0.3) is 0 Å². The molecule has 19 heavy (non-hydrogen) atoms. The second-order valence-corrected chi connectivity index (χ2v) is 4.27. The molecule has 3 N–H and O–H groups in total. The molecule has 100 valence electrons. The van der Waals surface area contributed by atoms with E-state index in [9.17, 15) is 9.90 Å². The first-order valence-electron chi connectivity index (χ1n) is 6.08. The number of hydrogen-bond acceptors (Lipinski definition) is 4. The van der Waals surface area contributed by atoms with E-state index in [4.69, 9.17) is 0 Å². The highest BCUT2D eigenvalue weighted by Gasteiger charge is 2.09. The molecule has 0 saturated carbocycles. The van der Waals surface area contributed by atoms with E-state index in [1.165, 1.54) is 18.5 Å². The average Bonchev–Trinajstić information content (AvgIpc) is 2.80. The van der Waals surface area contributed by atoms with Gasteiger partial charge in [0.05, 0.1) is 18.0 Å². The van der Waals surface area contributed by atoms with Crippen molar-refractivity contribution in [3.8, 4) is 5.75 Å². The quantitative estimate of drug-likeness (QED) is 0.704. The first kappa shape index (κ1) is 13.1. The fourth-order valence-electron chi connectivity index (χ4n) is 1.78. The first-order chi connectivity index (χ1) is 9.18. The molecular formula is C13H16N4O2. The third-order valence-electron chi connectivity index (χ3n) is 2.89. The third kappa shape index (κ3) is 3.31. The summed E-state index contributed by atoms with van der Waals surface area (Å²) in [5.41, 5.74) is 2.45. The molecule has 0 unspecified atom stereocenters. The maximum absolute atomic E-state index is 11.8. The number of carbonyl (C=O) groups excluding carboxylic acids is 1. The van der Waals surface area contributed by atoms with Gasteiger partial charge in [-0.2, -0.15) is 5.10 Å². The van der Waals surface area contributed by atoms with Crippen LogP contribution >= 0.6 is 0 Å². The Morgan fingerprint density at radius 3 is 3.00 bits per heavy atom. The number of aromatic amines is 1. The predicted molar refractivity (Wildman–Crippen MR) is 69.9 cm³/mol. The number of aromatic hydroxyl groups is 1. The van der Waals surface area contributed by atoms with Crippen LogP contribution in [0, 0.1) is 6.92 Å². The molecule has 0 aliphatic rings. The van der Waals surface area contributed by atoms with Crippen LogP contribution in [0.5, 0.6) is 5.75 Å². The zero-order valence-electron chi connectivity index (χ0n) is 10.7. The Labute approximate surface area is 110 Å². The summed E-state index contributed by atoms with van der Waals surface area (Å²) in [5, 5.41) is 19.1. The Bertz CT molecular complexity index is 565. The normalized spacial score (nSPS) is 10.4. The van der Waals surface area contributed by atoms with Crippen LogP contribution in [0.3, 0.4) is 0 Å². The Kier molecular flexibility index (Phi) is 4.12. The number of H-pyrrole nitrogens is 1. The van der Waals surface area contributed by atoms with E-state index >= 15 is 0 Å².